The van der Waals surface area contributed by atoms with E-state index in [0.717, 1.165) is 48.0 Å². The molecule has 0 aliphatic carbocycles. The minimum atomic E-state index is 0.736. The molecule has 0 amide bonds. The summed E-state index contributed by atoms with van der Waals surface area (Å²) >= 11 is 6.08. The Hall–Kier alpha value is -0.930. The first-order valence-corrected chi connectivity index (χ1v) is 6.23. The van der Waals surface area contributed by atoms with Crippen LogP contribution in [-0.4, -0.2) is 27.2 Å². The van der Waals surface area contributed by atoms with Crippen molar-refractivity contribution in [2.24, 2.45) is 5.73 Å². The molecule has 2 N–H and O–H groups in total. The van der Waals surface area contributed by atoms with Crippen LogP contribution < -0.4 is 15.4 Å². The van der Waals surface area contributed by atoms with Crippen LogP contribution in [0, 0.1) is 6.92 Å². The van der Waals surface area contributed by atoms with Gasteiger partial charge in [0, 0.05) is 18.6 Å². The summed E-state index contributed by atoms with van der Waals surface area (Å²) in [7, 11) is 3.73. The zero-order chi connectivity index (χ0) is 12.8. The van der Waals surface area contributed by atoms with Crippen LogP contribution in [0.1, 0.15) is 18.4 Å². The third-order valence-electron chi connectivity index (χ3n) is 2.78. The van der Waals surface area contributed by atoms with E-state index >= 15 is 0 Å². The molecule has 1 rings (SSSR count). The molecular formula is C13H21ClN2O. The van der Waals surface area contributed by atoms with Crippen molar-refractivity contribution in [3.63, 3.8) is 0 Å². The molecule has 0 unspecified atom stereocenters. The quantitative estimate of drug-likeness (QED) is 0.796. The Kier molecular flexibility index (Phi) is 5.59. The van der Waals surface area contributed by atoms with E-state index in [2.05, 4.69) is 4.90 Å². The molecule has 0 aliphatic rings. The fourth-order valence-corrected chi connectivity index (χ4v) is 2.14. The summed E-state index contributed by atoms with van der Waals surface area (Å²) in [6.07, 6.45) is 2.11. The van der Waals surface area contributed by atoms with Gasteiger partial charge in [-0.1, -0.05) is 11.6 Å². The van der Waals surface area contributed by atoms with Gasteiger partial charge in [0.1, 0.15) is 5.75 Å². The Bertz CT molecular complexity index is 369. The highest BCUT2D eigenvalue weighted by atomic mass is 35.5. The summed E-state index contributed by atoms with van der Waals surface area (Å²) < 4.78 is 5.43. The van der Waals surface area contributed by atoms with Gasteiger partial charge in [-0.3, -0.25) is 0 Å². The maximum atomic E-state index is 6.08. The molecule has 0 saturated heterocycles. The average Bonchev–Trinajstić information content (AvgIpc) is 2.28. The number of aryl methyl sites for hydroxylation is 1. The van der Waals surface area contributed by atoms with E-state index < -0.39 is 0 Å². The van der Waals surface area contributed by atoms with Gasteiger partial charge in [0.25, 0.3) is 0 Å². The van der Waals surface area contributed by atoms with E-state index in [9.17, 15) is 0 Å². The normalized spacial score (nSPS) is 10.4. The highest BCUT2D eigenvalue weighted by molar-refractivity contribution is 6.31. The molecule has 0 radical (unpaired) electrons. The molecule has 0 atom stereocenters. The second kappa shape index (κ2) is 6.72. The molecule has 0 aliphatic heterocycles. The molecule has 1 aromatic rings. The first-order chi connectivity index (χ1) is 8.10. The lowest BCUT2D eigenvalue weighted by Gasteiger charge is -2.23. The van der Waals surface area contributed by atoms with Crippen molar-refractivity contribution >= 4 is 17.3 Å². The lowest BCUT2D eigenvalue weighted by molar-refractivity contribution is 0.411. The molecule has 3 nitrogen and oxygen atoms in total. The monoisotopic (exact) mass is 256 g/mol. The van der Waals surface area contributed by atoms with Crippen molar-refractivity contribution in [2.75, 3.05) is 32.1 Å². The van der Waals surface area contributed by atoms with Gasteiger partial charge in [-0.2, -0.15) is 0 Å². The van der Waals surface area contributed by atoms with Gasteiger partial charge in [0.15, 0.2) is 0 Å². The van der Waals surface area contributed by atoms with Crippen LogP contribution in [0.15, 0.2) is 12.1 Å². The number of anilines is 1. The molecule has 96 valence electrons. The summed E-state index contributed by atoms with van der Waals surface area (Å²) in [6, 6.07) is 3.85. The second-order valence-corrected chi connectivity index (χ2v) is 4.63. The SMILES string of the molecule is COc1c(C)cc(Cl)cc1N(C)CCCCN. The molecule has 0 spiro atoms. The Morgan fingerprint density at radius 2 is 2.06 bits per heavy atom. The van der Waals surface area contributed by atoms with Crippen LogP contribution in [0.2, 0.25) is 5.02 Å². The van der Waals surface area contributed by atoms with Gasteiger partial charge in [0.2, 0.25) is 0 Å². The Balaban J connectivity index is 2.87. The van der Waals surface area contributed by atoms with E-state index in [1.54, 1.807) is 7.11 Å². The smallest absolute Gasteiger partial charge is 0.145 e. The van der Waals surface area contributed by atoms with Crippen molar-refractivity contribution < 1.29 is 4.74 Å². The molecule has 0 heterocycles. The predicted octanol–water partition coefficient (Wildman–Crippen LogP) is 2.83. The summed E-state index contributed by atoms with van der Waals surface area (Å²) in [6.45, 7) is 3.69. The molecule has 0 saturated carbocycles. The maximum Gasteiger partial charge on any atom is 0.145 e. The summed E-state index contributed by atoms with van der Waals surface area (Å²) in [4.78, 5) is 2.16. The summed E-state index contributed by atoms with van der Waals surface area (Å²) in [5.41, 5.74) is 7.59. The van der Waals surface area contributed by atoms with Gasteiger partial charge in [0.05, 0.1) is 12.8 Å². The first kappa shape index (κ1) is 14.1. The van der Waals surface area contributed by atoms with E-state index in [1.165, 1.54) is 0 Å². The van der Waals surface area contributed by atoms with Crippen molar-refractivity contribution in [3.05, 3.63) is 22.7 Å². The van der Waals surface area contributed by atoms with Crippen molar-refractivity contribution in [1.82, 2.24) is 0 Å². The van der Waals surface area contributed by atoms with Crippen LogP contribution in [0.4, 0.5) is 5.69 Å². The number of benzene rings is 1. The van der Waals surface area contributed by atoms with E-state index in [1.807, 2.05) is 26.1 Å². The molecule has 0 bridgehead atoms. The molecular weight excluding hydrogens is 236 g/mol. The van der Waals surface area contributed by atoms with Crippen LogP contribution >= 0.6 is 11.6 Å². The topological polar surface area (TPSA) is 38.5 Å². The van der Waals surface area contributed by atoms with Crippen LogP contribution in [0.25, 0.3) is 0 Å². The van der Waals surface area contributed by atoms with Crippen molar-refractivity contribution in [1.29, 1.82) is 0 Å². The van der Waals surface area contributed by atoms with E-state index in [0.29, 0.717) is 0 Å². The van der Waals surface area contributed by atoms with Crippen molar-refractivity contribution in [3.8, 4) is 5.75 Å². The highest BCUT2D eigenvalue weighted by Crippen LogP contribution is 2.34. The number of halogens is 1. The predicted molar refractivity (Wildman–Crippen MR) is 74.3 cm³/mol. The Morgan fingerprint density at radius 1 is 1.35 bits per heavy atom. The van der Waals surface area contributed by atoms with Gasteiger partial charge in [-0.05, 0) is 44.0 Å². The number of hydrogen-bond donors (Lipinski definition) is 1. The number of hydrogen-bond acceptors (Lipinski definition) is 3. The molecule has 4 heteroatoms. The Labute approximate surface area is 109 Å². The minimum absolute atomic E-state index is 0.736. The standard InChI is InChI=1S/C13H21ClN2O/c1-10-8-11(14)9-12(13(10)17-3)16(2)7-5-4-6-15/h8-9H,4-7,15H2,1-3H3. The molecule has 0 aromatic heterocycles. The first-order valence-electron chi connectivity index (χ1n) is 5.85. The van der Waals surface area contributed by atoms with Gasteiger partial charge in [-0.25, -0.2) is 0 Å². The third kappa shape index (κ3) is 3.79. The fourth-order valence-electron chi connectivity index (χ4n) is 1.88. The second-order valence-electron chi connectivity index (χ2n) is 4.19. The largest absolute Gasteiger partial charge is 0.494 e. The number of nitrogens with two attached hydrogens (primary N) is 1. The molecule has 17 heavy (non-hydrogen) atoms. The number of nitrogens with zero attached hydrogens (tertiary/aromatic N) is 1. The highest BCUT2D eigenvalue weighted by Gasteiger charge is 2.11. The average molecular weight is 257 g/mol. The van der Waals surface area contributed by atoms with Gasteiger partial charge >= 0.3 is 0 Å². The number of methoxy groups -OCH3 is 1. The summed E-state index contributed by atoms with van der Waals surface area (Å²) in [5, 5.41) is 0.740. The Morgan fingerprint density at radius 3 is 2.65 bits per heavy atom. The summed E-state index contributed by atoms with van der Waals surface area (Å²) in [5.74, 6) is 0.893. The number of unbranched alkanes of at least 4 members (excludes halogenated alkanes) is 1. The van der Waals surface area contributed by atoms with E-state index in [-0.39, 0.29) is 0 Å². The van der Waals surface area contributed by atoms with Crippen LogP contribution in [0.5, 0.6) is 5.75 Å². The maximum absolute atomic E-state index is 6.08. The van der Waals surface area contributed by atoms with Gasteiger partial charge < -0.3 is 15.4 Å². The lowest BCUT2D eigenvalue weighted by atomic mass is 10.1. The van der Waals surface area contributed by atoms with E-state index in [4.69, 9.17) is 22.1 Å². The molecule has 1 aromatic carbocycles. The third-order valence-corrected chi connectivity index (χ3v) is 3.00. The fraction of sp³-hybridized carbons (Fsp3) is 0.538. The zero-order valence-electron chi connectivity index (χ0n) is 10.8. The lowest BCUT2D eigenvalue weighted by Crippen LogP contribution is -2.20. The minimum Gasteiger partial charge on any atom is -0.494 e. The number of rotatable bonds is 6. The molecule has 0 fully saturated rings. The zero-order valence-corrected chi connectivity index (χ0v) is 11.5. The van der Waals surface area contributed by atoms with Crippen molar-refractivity contribution in [2.45, 2.75) is 19.8 Å². The van der Waals surface area contributed by atoms with Crippen LogP contribution in [0.3, 0.4) is 0 Å². The number of ether oxygens (including phenoxy) is 1. The van der Waals surface area contributed by atoms with Gasteiger partial charge in [-0.15, -0.1) is 0 Å². The van der Waals surface area contributed by atoms with Crippen LogP contribution in [-0.2, 0) is 0 Å².